The van der Waals surface area contributed by atoms with Gasteiger partial charge in [0.15, 0.2) is 6.29 Å². The van der Waals surface area contributed by atoms with Gasteiger partial charge in [0.25, 0.3) is 0 Å². The van der Waals surface area contributed by atoms with Crippen LogP contribution in [-0.4, -0.2) is 6.29 Å². The molecule has 0 heterocycles. The molecule has 0 aromatic heterocycles. The van der Waals surface area contributed by atoms with E-state index in [9.17, 15) is 5.11 Å². The third-order valence-electron chi connectivity index (χ3n) is 1.33. The number of benzene rings is 1. The van der Waals surface area contributed by atoms with Crippen molar-refractivity contribution in [2.75, 3.05) is 0 Å². The van der Waals surface area contributed by atoms with Crippen molar-refractivity contribution in [3.8, 4) is 0 Å². The minimum absolute atomic E-state index is 0.408. The molecule has 0 saturated carbocycles. The van der Waals surface area contributed by atoms with Gasteiger partial charge in [-0.1, -0.05) is 30.3 Å². The molecule has 0 bridgehead atoms. The summed E-state index contributed by atoms with van der Waals surface area (Å²) >= 11 is 0. The zero-order valence-corrected chi connectivity index (χ0v) is 6.49. The van der Waals surface area contributed by atoms with Crippen LogP contribution >= 0.6 is 0 Å². The van der Waals surface area contributed by atoms with Crippen LogP contribution in [0.2, 0.25) is 0 Å². The Morgan fingerprint density at radius 3 is 2.55 bits per heavy atom. The highest BCUT2D eigenvalue weighted by Crippen LogP contribution is 2.01. The molecule has 1 aromatic rings. The van der Waals surface area contributed by atoms with Crippen molar-refractivity contribution in [1.29, 1.82) is 0 Å². The Morgan fingerprint density at radius 2 is 2.00 bits per heavy atom. The van der Waals surface area contributed by atoms with E-state index in [0.29, 0.717) is 6.61 Å². The summed E-state index contributed by atoms with van der Waals surface area (Å²) in [5.74, 6) is 0. The van der Waals surface area contributed by atoms with E-state index in [2.05, 4.69) is 0 Å². The lowest BCUT2D eigenvalue weighted by Crippen LogP contribution is -2.03. The molecule has 0 N–H and O–H groups in total. The molecule has 0 fully saturated rings. The highest BCUT2D eigenvalue weighted by atomic mass is 16.6. The Bertz CT molecular complexity index is 194. The fourth-order valence-corrected chi connectivity index (χ4v) is 0.788. The normalized spacial score (nSPS) is 12.9. The first-order chi connectivity index (χ1) is 5.29. The third-order valence-corrected chi connectivity index (χ3v) is 1.33. The fourth-order valence-electron chi connectivity index (χ4n) is 0.788. The Hall–Kier alpha value is -0.860. The molecule has 1 aromatic carbocycles. The lowest BCUT2D eigenvalue weighted by molar-refractivity contribution is -0.134. The quantitative estimate of drug-likeness (QED) is 0.607. The van der Waals surface area contributed by atoms with Crippen molar-refractivity contribution in [3.05, 3.63) is 35.9 Å². The van der Waals surface area contributed by atoms with Crippen LogP contribution in [0.15, 0.2) is 30.3 Å². The van der Waals surface area contributed by atoms with Gasteiger partial charge in [-0.3, -0.25) is 0 Å². The van der Waals surface area contributed by atoms with E-state index in [-0.39, 0.29) is 0 Å². The number of hydrogen-bond donors (Lipinski definition) is 0. The van der Waals surface area contributed by atoms with E-state index >= 15 is 0 Å². The van der Waals surface area contributed by atoms with E-state index in [1.54, 1.807) is 0 Å². The maximum absolute atomic E-state index is 10.5. The molecular weight excluding hydrogens is 140 g/mol. The Labute approximate surface area is 66.4 Å². The Kier molecular flexibility index (Phi) is 3.08. The molecular formula is C9H11O2. The summed E-state index contributed by atoms with van der Waals surface area (Å²) < 4.78 is 4.87. The molecule has 1 atom stereocenters. The van der Waals surface area contributed by atoms with Gasteiger partial charge < -0.3 is 4.74 Å². The summed E-state index contributed by atoms with van der Waals surface area (Å²) in [6, 6.07) is 9.65. The summed E-state index contributed by atoms with van der Waals surface area (Å²) in [5.41, 5.74) is 1.04. The van der Waals surface area contributed by atoms with Crippen molar-refractivity contribution in [1.82, 2.24) is 0 Å². The van der Waals surface area contributed by atoms with Crippen molar-refractivity contribution in [2.45, 2.75) is 19.8 Å². The molecule has 0 spiro atoms. The van der Waals surface area contributed by atoms with Crippen LogP contribution in [0, 0.1) is 0 Å². The first-order valence-electron chi connectivity index (χ1n) is 3.60. The van der Waals surface area contributed by atoms with Gasteiger partial charge >= 0.3 is 0 Å². The van der Waals surface area contributed by atoms with E-state index < -0.39 is 6.29 Å². The number of ether oxygens (including phenoxy) is 1. The first kappa shape index (κ1) is 8.24. The fraction of sp³-hybridized carbons (Fsp3) is 0.333. The van der Waals surface area contributed by atoms with Crippen LogP contribution in [0.3, 0.4) is 0 Å². The molecule has 2 nitrogen and oxygen atoms in total. The van der Waals surface area contributed by atoms with Crippen molar-refractivity contribution < 1.29 is 9.84 Å². The van der Waals surface area contributed by atoms with E-state index in [1.807, 2.05) is 30.3 Å². The molecule has 1 unspecified atom stereocenters. The average Bonchev–Trinajstić information content (AvgIpc) is 2.03. The van der Waals surface area contributed by atoms with Gasteiger partial charge in [0, 0.05) is 0 Å². The van der Waals surface area contributed by atoms with E-state index in [1.165, 1.54) is 6.92 Å². The highest BCUT2D eigenvalue weighted by molar-refractivity contribution is 5.13. The van der Waals surface area contributed by atoms with Crippen molar-refractivity contribution in [2.24, 2.45) is 0 Å². The third kappa shape index (κ3) is 3.16. The minimum Gasteiger partial charge on any atom is -0.345 e. The summed E-state index contributed by atoms with van der Waals surface area (Å²) in [4.78, 5) is 0. The van der Waals surface area contributed by atoms with Gasteiger partial charge in [-0.2, -0.15) is 0 Å². The Balaban J connectivity index is 2.39. The van der Waals surface area contributed by atoms with Gasteiger partial charge in [-0.15, -0.1) is 0 Å². The van der Waals surface area contributed by atoms with Crippen LogP contribution in [0.25, 0.3) is 0 Å². The number of hydrogen-bond acceptors (Lipinski definition) is 1. The van der Waals surface area contributed by atoms with Gasteiger partial charge in [0.2, 0.25) is 0 Å². The smallest absolute Gasteiger partial charge is 0.188 e. The zero-order valence-electron chi connectivity index (χ0n) is 6.49. The lowest BCUT2D eigenvalue weighted by atomic mass is 10.2. The highest BCUT2D eigenvalue weighted by Gasteiger charge is 1.96. The molecule has 59 valence electrons. The Morgan fingerprint density at radius 1 is 1.36 bits per heavy atom. The SMILES string of the molecule is CC([O])OCc1ccccc1. The van der Waals surface area contributed by atoms with Gasteiger partial charge in [-0.05, 0) is 12.5 Å². The first-order valence-corrected chi connectivity index (χ1v) is 3.60. The van der Waals surface area contributed by atoms with Gasteiger partial charge in [0.1, 0.15) is 0 Å². The second-order valence-corrected chi connectivity index (χ2v) is 2.36. The largest absolute Gasteiger partial charge is 0.345 e. The summed E-state index contributed by atoms with van der Waals surface area (Å²) in [6.45, 7) is 1.90. The second-order valence-electron chi connectivity index (χ2n) is 2.36. The van der Waals surface area contributed by atoms with Crippen LogP contribution in [0.1, 0.15) is 12.5 Å². The maximum atomic E-state index is 10.5. The number of rotatable bonds is 3. The van der Waals surface area contributed by atoms with Crippen molar-refractivity contribution >= 4 is 0 Å². The average molecular weight is 151 g/mol. The van der Waals surface area contributed by atoms with E-state index in [4.69, 9.17) is 4.74 Å². The zero-order chi connectivity index (χ0) is 8.10. The molecule has 1 radical (unpaired) electrons. The summed E-state index contributed by atoms with van der Waals surface area (Å²) in [7, 11) is 0. The maximum Gasteiger partial charge on any atom is 0.188 e. The molecule has 0 aliphatic carbocycles. The standard InChI is InChI=1S/C9H11O2/c1-8(10)11-7-9-5-3-2-4-6-9/h2-6,8H,7H2,1H3. The molecule has 0 amide bonds. The molecule has 11 heavy (non-hydrogen) atoms. The van der Waals surface area contributed by atoms with Crippen LogP contribution < -0.4 is 0 Å². The second kappa shape index (κ2) is 4.11. The van der Waals surface area contributed by atoms with Crippen molar-refractivity contribution in [3.63, 3.8) is 0 Å². The monoisotopic (exact) mass is 151 g/mol. The molecule has 1 rings (SSSR count). The molecule has 0 saturated heterocycles. The minimum atomic E-state index is -0.935. The summed E-state index contributed by atoms with van der Waals surface area (Å²) in [6.07, 6.45) is -0.935. The summed E-state index contributed by atoms with van der Waals surface area (Å²) in [5, 5.41) is 10.5. The van der Waals surface area contributed by atoms with Crippen LogP contribution in [-0.2, 0) is 16.5 Å². The van der Waals surface area contributed by atoms with Crippen LogP contribution in [0.5, 0.6) is 0 Å². The predicted molar refractivity (Wildman–Crippen MR) is 41.4 cm³/mol. The molecule has 2 heteroatoms. The topological polar surface area (TPSA) is 29.1 Å². The van der Waals surface area contributed by atoms with Gasteiger partial charge in [0.05, 0.1) is 6.61 Å². The lowest BCUT2D eigenvalue weighted by Gasteiger charge is -2.03. The van der Waals surface area contributed by atoms with Crippen LogP contribution in [0.4, 0.5) is 0 Å². The van der Waals surface area contributed by atoms with Gasteiger partial charge in [-0.25, -0.2) is 5.11 Å². The predicted octanol–water partition coefficient (Wildman–Crippen LogP) is 1.98. The van der Waals surface area contributed by atoms with E-state index in [0.717, 1.165) is 5.56 Å². The molecule has 0 aliphatic heterocycles. The molecule has 0 aliphatic rings.